The Morgan fingerprint density at radius 2 is 1.93 bits per heavy atom. The fourth-order valence-corrected chi connectivity index (χ4v) is 4.60. The molecule has 0 bridgehead atoms. The molecule has 0 unspecified atom stereocenters. The Bertz CT molecular complexity index is 1220. The molecule has 0 aliphatic carbocycles. The topological polar surface area (TPSA) is 136 Å². The van der Waals surface area contributed by atoms with Crippen molar-refractivity contribution in [3.8, 4) is 6.07 Å². The maximum Gasteiger partial charge on any atom is 0.236 e. The van der Waals surface area contributed by atoms with E-state index in [4.69, 9.17) is 5.26 Å². The molecular formula is C18H19N7O3S2. The molecule has 0 radical (unpaired) electrons. The number of nitrogens with zero attached hydrogens (tertiary/aromatic N) is 6. The average Bonchev–Trinajstić information content (AvgIpc) is 3.23. The lowest BCUT2D eigenvalue weighted by atomic mass is 10.2. The summed E-state index contributed by atoms with van der Waals surface area (Å²) in [4.78, 5) is 12.4. The monoisotopic (exact) mass is 445 g/mol. The minimum absolute atomic E-state index is 0.00668. The van der Waals surface area contributed by atoms with Crippen molar-refractivity contribution in [2.75, 3.05) is 11.1 Å². The highest BCUT2D eigenvalue weighted by atomic mass is 32.2. The molecule has 3 rings (SSSR count). The second-order valence-corrected chi connectivity index (χ2v) is 9.44. The van der Waals surface area contributed by atoms with Crippen LogP contribution in [0.4, 0.5) is 5.82 Å². The number of carbonyl (C=O) groups is 1. The molecule has 156 valence electrons. The van der Waals surface area contributed by atoms with Crippen LogP contribution in [0.3, 0.4) is 0 Å². The third-order valence-electron chi connectivity index (χ3n) is 4.27. The molecule has 1 N–H and O–H groups in total. The fraction of sp³-hybridized carbons (Fsp3) is 0.278. The van der Waals surface area contributed by atoms with Crippen LogP contribution in [0.15, 0.2) is 40.5 Å². The minimum atomic E-state index is -3.57. The summed E-state index contributed by atoms with van der Waals surface area (Å²) in [5, 5.41) is 24.0. The first kappa shape index (κ1) is 21.5. The van der Waals surface area contributed by atoms with Crippen LogP contribution in [0.25, 0.3) is 0 Å². The third kappa shape index (κ3) is 4.69. The SMILES string of the molecule is Cc1ccc(S(=O)(=O)Cc2nnc(SCC(=O)Nc3c(C#N)cnn3C)n2C)cc1. The predicted molar refractivity (Wildman–Crippen MR) is 110 cm³/mol. The molecule has 1 aromatic carbocycles. The van der Waals surface area contributed by atoms with Crippen molar-refractivity contribution in [3.05, 3.63) is 47.4 Å². The molecule has 1 amide bonds. The Morgan fingerprint density at radius 1 is 1.23 bits per heavy atom. The molecule has 2 heterocycles. The van der Waals surface area contributed by atoms with Gasteiger partial charge in [0.15, 0.2) is 15.0 Å². The van der Waals surface area contributed by atoms with Gasteiger partial charge in [-0.05, 0) is 19.1 Å². The van der Waals surface area contributed by atoms with Gasteiger partial charge in [0.25, 0.3) is 0 Å². The zero-order valence-corrected chi connectivity index (χ0v) is 18.2. The molecule has 2 aromatic heterocycles. The quantitative estimate of drug-likeness (QED) is 0.540. The molecule has 0 saturated carbocycles. The van der Waals surface area contributed by atoms with Gasteiger partial charge in [0.2, 0.25) is 5.91 Å². The fourth-order valence-electron chi connectivity index (χ4n) is 2.56. The molecule has 30 heavy (non-hydrogen) atoms. The van der Waals surface area contributed by atoms with Crippen molar-refractivity contribution in [2.24, 2.45) is 14.1 Å². The van der Waals surface area contributed by atoms with E-state index in [1.165, 1.54) is 10.9 Å². The second kappa shape index (κ2) is 8.68. The van der Waals surface area contributed by atoms with Gasteiger partial charge in [-0.1, -0.05) is 29.5 Å². The zero-order chi connectivity index (χ0) is 21.9. The molecule has 0 aliphatic rings. The van der Waals surface area contributed by atoms with Crippen LogP contribution in [0.5, 0.6) is 0 Å². The Balaban J connectivity index is 1.65. The summed E-state index contributed by atoms with van der Waals surface area (Å²) in [7, 11) is -0.303. The van der Waals surface area contributed by atoms with Crippen molar-refractivity contribution >= 4 is 33.3 Å². The van der Waals surface area contributed by atoms with Gasteiger partial charge in [-0.3, -0.25) is 9.48 Å². The van der Waals surface area contributed by atoms with Crippen LogP contribution >= 0.6 is 11.8 Å². The van der Waals surface area contributed by atoms with Gasteiger partial charge in [0, 0.05) is 14.1 Å². The number of nitrogens with one attached hydrogen (secondary N) is 1. The van der Waals surface area contributed by atoms with E-state index >= 15 is 0 Å². The first-order valence-corrected chi connectivity index (χ1v) is 11.4. The lowest BCUT2D eigenvalue weighted by Gasteiger charge is -2.07. The van der Waals surface area contributed by atoms with E-state index in [1.807, 2.05) is 13.0 Å². The van der Waals surface area contributed by atoms with Gasteiger partial charge >= 0.3 is 0 Å². The molecular weight excluding hydrogens is 426 g/mol. The smallest absolute Gasteiger partial charge is 0.236 e. The highest BCUT2D eigenvalue weighted by Gasteiger charge is 2.21. The first-order valence-electron chi connectivity index (χ1n) is 8.73. The van der Waals surface area contributed by atoms with Gasteiger partial charge in [0.05, 0.1) is 16.8 Å². The maximum absolute atomic E-state index is 12.6. The summed E-state index contributed by atoms with van der Waals surface area (Å²) in [5.41, 5.74) is 1.23. The van der Waals surface area contributed by atoms with Crippen molar-refractivity contribution in [2.45, 2.75) is 22.7 Å². The lowest BCUT2D eigenvalue weighted by molar-refractivity contribution is -0.113. The largest absolute Gasteiger partial charge is 0.309 e. The number of carbonyl (C=O) groups excluding carboxylic acids is 1. The normalized spacial score (nSPS) is 11.3. The highest BCUT2D eigenvalue weighted by molar-refractivity contribution is 7.99. The Labute approximate surface area is 177 Å². The molecule has 10 nitrogen and oxygen atoms in total. The number of anilines is 1. The van der Waals surface area contributed by atoms with Crippen molar-refractivity contribution in [3.63, 3.8) is 0 Å². The Morgan fingerprint density at radius 3 is 2.60 bits per heavy atom. The Kier molecular flexibility index (Phi) is 6.23. The van der Waals surface area contributed by atoms with Gasteiger partial charge in [-0.2, -0.15) is 10.4 Å². The number of aryl methyl sites for hydroxylation is 2. The van der Waals surface area contributed by atoms with Crippen LogP contribution in [0.1, 0.15) is 17.0 Å². The van der Waals surface area contributed by atoms with Crippen LogP contribution in [-0.2, 0) is 34.5 Å². The summed E-state index contributed by atoms with van der Waals surface area (Å²) < 4.78 is 28.2. The number of aromatic nitrogens is 5. The minimum Gasteiger partial charge on any atom is -0.309 e. The standard InChI is InChI=1S/C18H19N7O3S2/c1-12-4-6-14(7-5-12)30(27,28)11-15-22-23-18(24(15)2)29-10-16(26)21-17-13(8-19)9-20-25(17)3/h4-7,9H,10-11H2,1-3H3,(H,21,26). The van der Waals surface area contributed by atoms with Crippen LogP contribution in [0.2, 0.25) is 0 Å². The number of hydrogen-bond donors (Lipinski definition) is 1. The number of thioether (sulfide) groups is 1. The molecule has 0 atom stereocenters. The number of hydrogen-bond acceptors (Lipinski definition) is 8. The van der Waals surface area contributed by atoms with E-state index in [2.05, 4.69) is 20.6 Å². The van der Waals surface area contributed by atoms with E-state index in [0.29, 0.717) is 11.0 Å². The zero-order valence-electron chi connectivity index (χ0n) is 16.5. The van der Waals surface area contributed by atoms with Gasteiger partial charge in [-0.15, -0.1) is 10.2 Å². The summed E-state index contributed by atoms with van der Waals surface area (Å²) in [6.07, 6.45) is 1.37. The van der Waals surface area contributed by atoms with E-state index < -0.39 is 9.84 Å². The third-order valence-corrected chi connectivity index (χ3v) is 6.92. The van der Waals surface area contributed by atoms with Crippen molar-refractivity contribution < 1.29 is 13.2 Å². The predicted octanol–water partition coefficient (Wildman–Crippen LogP) is 1.43. The number of amides is 1. The van der Waals surface area contributed by atoms with E-state index in [9.17, 15) is 13.2 Å². The number of benzene rings is 1. The number of rotatable bonds is 7. The summed E-state index contributed by atoms with van der Waals surface area (Å²) in [6, 6.07) is 8.57. The van der Waals surface area contributed by atoms with Crippen LogP contribution < -0.4 is 5.32 Å². The highest BCUT2D eigenvalue weighted by Crippen LogP contribution is 2.21. The maximum atomic E-state index is 12.6. The van der Waals surface area contributed by atoms with Gasteiger partial charge < -0.3 is 9.88 Å². The van der Waals surface area contributed by atoms with Gasteiger partial charge in [0.1, 0.15) is 29.0 Å². The average molecular weight is 446 g/mol. The van der Waals surface area contributed by atoms with Crippen LogP contribution in [-0.4, -0.2) is 44.6 Å². The molecule has 3 aromatic rings. The summed E-state index contributed by atoms with van der Waals surface area (Å²) >= 11 is 1.11. The van der Waals surface area contributed by atoms with E-state index in [0.717, 1.165) is 17.3 Å². The van der Waals surface area contributed by atoms with E-state index in [1.54, 1.807) is 42.9 Å². The second-order valence-electron chi connectivity index (χ2n) is 6.51. The summed E-state index contributed by atoms with van der Waals surface area (Å²) in [5.74, 6) is -0.0562. The molecule has 0 fully saturated rings. The molecule has 12 heteroatoms. The van der Waals surface area contributed by atoms with E-state index in [-0.39, 0.29) is 33.7 Å². The van der Waals surface area contributed by atoms with Gasteiger partial charge in [-0.25, -0.2) is 8.42 Å². The lowest BCUT2D eigenvalue weighted by Crippen LogP contribution is -2.17. The van der Waals surface area contributed by atoms with Crippen molar-refractivity contribution in [1.29, 1.82) is 5.26 Å². The Hall–Kier alpha value is -3.17. The van der Waals surface area contributed by atoms with Crippen molar-refractivity contribution in [1.82, 2.24) is 24.5 Å². The molecule has 0 spiro atoms. The van der Waals surface area contributed by atoms with Crippen LogP contribution in [0, 0.1) is 18.3 Å². The molecule has 0 aliphatic heterocycles. The summed E-state index contributed by atoms with van der Waals surface area (Å²) in [6.45, 7) is 1.88. The number of sulfone groups is 1. The molecule has 0 saturated heterocycles. The number of nitriles is 1. The first-order chi connectivity index (χ1) is 14.2.